The summed E-state index contributed by atoms with van der Waals surface area (Å²) in [5.74, 6) is 1.98. The smallest absolute Gasteiger partial charge is 0.238 e. The fraction of sp³-hybridized carbons (Fsp3) is 0.537. The van der Waals surface area contributed by atoms with E-state index in [4.69, 9.17) is 14.7 Å². The Hall–Kier alpha value is -4.42. The molecule has 276 valence electrons. The molecule has 7 heterocycles. The second-order valence-electron chi connectivity index (χ2n) is 16.8. The van der Waals surface area contributed by atoms with E-state index in [1.807, 2.05) is 15.5 Å². The maximum absolute atomic E-state index is 14.9. The number of nitrogens with one attached hydrogen (secondary N) is 1. The normalized spacial score (nSPS) is 26.7. The minimum atomic E-state index is -0.658. The van der Waals surface area contributed by atoms with Crippen LogP contribution in [0.3, 0.4) is 0 Å². The number of halogens is 1. The molecular formula is C41H47FN8O3. The van der Waals surface area contributed by atoms with Gasteiger partial charge in [-0.05, 0) is 94.4 Å². The molecule has 1 spiro atoms. The van der Waals surface area contributed by atoms with Gasteiger partial charge in [-0.3, -0.25) is 19.5 Å². The van der Waals surface area contributed by atoms with E-state index in [0.717, 1.165) is 52.5 Å². The highest BCUT2D eigenvalue weighted by Crippen LogP contribution is 2.53. The van der Waals surface area contributed by atoms with E-state index in [1.165, 1.54) is 38.5 Å². The number of ether oxygens (including phenoxy) is 1. The average molecular weight is 719 g/mol. The molecule has 2 atom stereocenters. The van der Waals surface area contributed by atoms with Crippen LogP contribution < -0.4 is 10.2 Å². The van der Waals surface area contributed by atoms with E-state index in [0.29, 0.717) is 56.7 Å². The first-order valence-corrected chi connectivity index (χ1v) is 19.6. The molecule has 2 saturated carbocycles. The van der Waals surface area contributed by atoms with Crippen LogP contribution in [-0.4, -0.2) is 92.6 Å². The highest BCUT2D eigenvalue weighted by Gasteiger charge is 2.56. The molecule has 2 aliphatic carbocycles. The van der Waals surface area contributed by atoms with E-state index in [-0.39, 0.29) is 35.5 Å². The van der Waals surface area contributed by atoms with Crippen LogP contribution in [0.25, 0.3) is 22.3 Å². The number of amides is 2. The Balaban J connectivity index is 1.01. The van der Waals surface area contributed by atoms with Crippen LogP contribution in [0.5, 0.6) is 0 Å². The molecule has 6 aliphatic rings. The number of nitrogens with zero attached hydrogens (tertiary/aromatic N) is 7. The van der Waals surface area contributed by atoms with E-state index in [1.54, 1.807) is 18.6 Å². The lowest BCUT2D eigenvalue weighted by Gasteiger charge is -2.49. The van der Waals surface area contributed by atoms with Crippen LogP contribution >= 0.6 is 0 Å². The van der Waals surface area contributed by atoms with Crippen molar-refractivity contribution in [3.8, 4) is 11.3 Å². The maximum atomic E-state index is 14.9. The van der Waals surface area contributed by atoms with Crippen LogP contribution in [0.1, 0.15) is 70.4 Å². The minimum absolute atomic E-state index is 0.0576. The molecule has 5 fully saturated rings. The van der Waals surface area contributed by atoms with Gasteiger partial charge in [0.25, 0.3) is 0 Å². The van der Waals surface area contributed by atoms with Crippen LogP contribution in [0.2, 0.25) is 0 Å². The molecule has 1 N–H and O–H groups in total. The molecule has 10 rings (SSSR count). The second-order valence-corrected chi connectivity index (χ2v) is 16.8. The predicted octanol–water partition coefficient (Wildman–Crippen LogP) is 6.07. The van der Waals surface area contributed by atoms with Gasteiger partial charge in [0.2, 0.25) is 11.8 Å². The van der Waals surface area contributed by atoms with Gasteiger partial charge in [-0.2, -0.15) is 0 Å². The van der Waals surface area contributed by atoms with Gasteiger partial charge in [0, 0.05) is 61.8 Å². The molecule has 11 nitrogen and oxygen atoms in total. The second kappa shape index (κ2) is 12.6. The lowest BCUT2D eigenvalue weighted by molar-refractivity contribution is -0.152. The summed E-state index contributed by atoms with van der Waals surface area (Å²) in [7, 11) is 0. The molecule has 3 saturated heterocycles. The third-order valence-electron chi connectivity index (χ3n) is 13.4. The number of anilines is 3. The molecule has 1 aromatic carbocycles. The molecule has 2 amide bonds. The van der Waals surface area contributed by atoms with E-state index in [2.05, 4.69) is 52.1 Å². The largest absolute Gasteiger partial charge is 0.380 e. The molecule has 12 heteroatoms. The topological polar surface area (TPSA) is 109 Å². The molecule has 3 aromatic heterocycles. The molecule has 4 aliphatic heterocycles. The number of hydrogen-bond donors (Lipinski definition) is 1. The third-order valence-corrected chi connectivity index (χ3v) is 13.4. The highest BCUT2D eigenvalue weighted by molar-refractivity contribution is 6.09. The number of pyridine rings is 2. The first-order chi connectivity index (χ1) is 25.8. The Bertz CT molecular complexity index is 2090. The average Bonchev–Trinajstić information content (AvgIpc) is 3.77. The number of aromatic nitrogens is 4. The van der Waals surface area contributed by atoms with Crippen molar-refractivity contribution < 1.29 is 18.7 Å². The monoisotopic (exact) mass is 718 g/mol. The van der Waals surface area contributed by atoms with Gasteiger partial charge in [-0.15, -0.1) is 0 Å². The summed E-state index contributed by atoms with van der Waals surface area (Å²) in [6.07, 6.45) is 11.8. The fourth-order valence-electron chi connectivity index (χ4n) is 10.2. The van der Waals surface area contributed by atoms with Crippen molar-refractivity contribution in [3.63, 3.8) is 0 Å². The number of likely N-dealkylation sites (tertiary alicyclic amines) is 2. The molecule has 4 aromatic rings. The Kier molecular flexibility index (Phi) is 7.87. The summed E-state index contributed by atoms with van der Waals surface area (Å²) in [6.45, 7) is 8.67. The summed E-state index contributed by atoms with van der Waals surface area (Å²) in [5, 5.41) is 3.24. The summed E-state index contributed by atoms with van der Waals surface area (Å²) >= 11 is 0. The maximum Gasteiger partial charge on any atom is 0.238 e. The molecule has 0 radical (unpaired) electrons. The number of imidazole rings is 1. The van der Waals surface area contributed by atoms with Crippen molar-refractivity contribution in [1.29, 1.82) is 0 Å². The summed E-state index contributed by atoms with van der Waals surface area (Å²) in [5.41, 5.74) is 4.76. The van der Waals surface area contributed by atoms with Gasteiger partial charge in [0.1, 0.15) is 5.52 Å². The number of fused-ring (bicyclic) bond motifs is 5. The third kappa shape index (κ3) is 5.38. The Morgan fingerprint density at radius 2 is 1.79 bits per heavy atom. The van der Waals surface area contributed by atoms with Crippen molar-refractivity contribution in [2.24, 2.45) is 17.8 Å². The van der Waals surface area contributed by atoms with E-state index < -0.39 is 11.2 Å². The Morgan fingerprint density at radius 3 is 2.49 bits per heavy atom. The fourth-order valence-corrected chi connectivity index (χ4v) is 10.2. The zero-order valence-corrected chi connectivity index (χ0v) is 30.5. The number of hydrogen-bond acceptors (Lipinski definition) is 8. The number of benzene rings is 1. The summed E-state index contributed by atoms with van der Waals surface area (Å²) in [4.78, 5) is 48.7. The Labute approximate surface area is 308 Å². The highest BCUT2D eigenvalue weighted by atomic mass is 19.1. The van der Waals surface area contributed by atoms with Gasteiger partial charge in [-0.25, -0.2) is 14.4 Å². The van der Waals surface area contributed by atoms with Crippen LogP contribution in [0, 0.1) is 23.6 Å². The zero-order valence-electron chi connectivity index (χ0n) is 30.5. The first kappa shape index (κ1) is 33.2. The predicted molar refractivity (Wildman–Crippen MR) is 199 cm³/mol. The zero-order chi connectivity index (χ0) is 36.0. The molecule has 2 bridgehead atoms. The summed E-state index contributed by atoms with van der Waals surface area (Å²) in [6, 6.07) is 10.7. The Morgan fingerprint density at radius 1 is 1.02 bits per heavy atom. The van der Waals surface area contributed by atoms with Crippen molar-refractivity contribution in [1.82, 2.24) is 29.3 Å². The lowest BCUT2D eigenvalue weighted by atomic mass is 9.73. The number of carbonyl (C=O) groups excluding carboxylic acids is 2. The van der Waals surface area contributed by atoms with E-state index >= 15 is 0 Å². The van der Waals surface area contributed by atoms with E-state index in [9.17, 15) is 14.0 Å². The van der Waals surface area contributed by atoms with Crippen LogP contribution in [0.4, 0.5) is 21.6 Å². The molecule has 53 heavy (non-hydrogen) atoms. The number of piperidine rings is 2. The van der Waals surface area contributed by atoms with Crippen molar-refractivity contribution >= 4 is 40.0 Å². The number of carbonyl (C=O) groups is 2. The van der Waals surface area contributed by atoms with Crippen LogP contribution in [-0.2, 0) is 19.7 Å². The standard InChI is InChI=1S/C41H47FN8O3/c1-24(2)49-23-44-35-17-34(46-38(37(35)49)45-33-7-10-43-18-32(33)42)27-5-6-31-36(14-27)50(30-15-29(16-30)48-19-25-3-4-26(13-25)20-48)40(52)41(31)8-11-47(12-9-41)39(51)28-21-53-22-28/h5-7,10,14,17-18,23-26,28-30H,3-4,8-9,11-13,15-16,19-22H2,1-2H3,(H,43,45,46). The number of rotatable bonds is 7. The lowest BCUT2D eigenvalue weighted by Crippen LogP contribution is -2.59. The summed E-state index contributed by atoms with van der Waals surface area (Å²) < 4.78 is 22.2. The van der Waals surface area contributed by atoms with Crippen molar-refractivity contribution in [2.45, 2.75) is 82.3 Å². The minimum Gasteiger partial charge on any atom is -0.380 e. The van der Waals surface area contributed by atoms with Gasteiger partial charge >= 0.3 is 0 Å². The van der Waals surface area contributed by atoms with Crippen molar-refractivity contribution in [3.05, 3.63) is 60.4 Å². The van der Waals surface area contributed by atoms with Crippen LogP contribution in [0.15, 0.2) is 49.1 Å². The van der Waals surface area contributed by atoms with Gasteiger partial charge in [0.05, 0.1) is 54.0 Å². The first-order valence-electron chi connectivity index (χ1n) is 19.6. The quantitative estimate of drug-likeness (QED) is 0.245. The molecular weight excluding hydrogens is 672 g/mol. The van der Waals surface area contributed by atoms with Crippen molar-refractivity contribution in [2.75, 3.05) is 49.6 Å². The SMILES string of the molecule is CC(C)n1cnc2cc(-c3ccc4c(c3)N(C3CC(N5CC6CCC(C6)C5)C3)C(=O)C43CCN(C(=O)C4COC4)CC3)nc(Nc3ccncc3F)c21. The van der Waals surface area contributed by atoms with Gasteiger partial charge in [-0.1, -0.05) is 12.1 Å². The van der Waals surface area contributed by atoms with Gasteiger partial charge in [0.15, 0.2) is 11.6 Å². The molecule has 2 unspecified atom stereocenters. The van der Waals surface area contributed by atoms with Gasteiger partial charge < -0.3 is 24.4 Å².